The highest BCUT2D eigenvalue weighted by Crippen LogP contribution is 2.44. The van der Waals surface area contributed by atoms with Crippen LogP contribution in [0.2, 0.25) is 0 Å². The van der Waals surface area contributed by atoms with Crippen LogP contribution in [0.25, 0.3) is 0 Å². The quantitative estimate of drug-likeness (QED) is 0.866. The van der Waals surface area contributed by atoms with Gasteiger partial charge in [0.05, 0.1) is 12.7 Å². The molecule has 0 spiro atoms. The largest absolute Gasteiger partial charge is 0.466 e. The molecule has 0 aliphatic carbocycles. The van der Waals surface area contributed by atoms with Crippen molar-refractivity contribution in [3.05, 3.63) is 65.7 Å². The van der Waals surface area contributed by atoms with E-state index < -0.39 is 10.8 Å². The van der Waals surface area contributed by atoms with Crippen molar-refractivity contribution < 1.29 is 14.3 Å². The van der Waals surface area contributed by atoms with Crippen molar-refractivity contribution in [3.63, 3.8) is 0 Å². The Bertz CT molecular complexity index is 702. The molecule has 106 valence electrons. The van der Waals surface area contributed by atoms with E-state index >= 15 is 0 Å². The minimum atomic E-state index is -1.25. The number of fused-ring (bicyclic) bond motifs is 1. The van der Waals surface area contributed by atoms with Crippen molar-refractivity contribution >= 4 is 23.6 Å². The van der Waals surface area contributed by atoms with Gasteiger partial charge in [-0.25, -0.2) is 4.79 Å². The fourth-order valence-electron chi connectivity index (χ4n) is 2.32. The van der Waals surface area contributed by atoms with Gasteiger partial charge in [-0.1, -0.05) is 54.2 Å². The Balaban J connectivity index is 2.16. The third-order valence-corrected chi connectivity index (χ3v) is 4.72. The van der Waals surface area contributed by atoms with E-state index in [2.05, 4.69) is 5.32 Å². The molecular formula is C16H13NO3S. The highest BCUT2D eigenvalue weighted by Gasteiger charge is 2.47. The smallest absolute Gasteiger partial charge is 0.347 e. The van der Waals surface area contributed by atoms with Crippen LogP contribution in [0, 0.1) is 0 Å². The monoisotopic (exact) mass is 299 g/mol. The lowest BCUT2D eigenvalue weighted by molar-refractivity contribution is -0.144. The number of thioether (sulfide) groups is 1. The van der Waals surface area contributed by atoms with E-state index in [-0.39, 0.29) is 5.91 Å². The number of amides is 1. The fourth-order valence-corrected chi connectivity index (χ4v) is 3.63. The number of nitrogens with one attached hydrogen (secondary N) is 1. The topological polar surface area (TPSA) is 55.4 Å². The van der Waals surface area contributed by atoms with E-state index in [1.165, 1.54) is 18.9 Å². The average molecular weight is 299 g/mol. The number of carbonyl (C=O) groups is 2. The van der Waals surface area contributed by atoms with E-state index in [9.17, 15) is 9.59 Å². The average Bonchev–Trinajstić information content (AvgIpc) is 2.54. The summed E-state index contributed by atoms with van der Waals surface area (Å²) in [5.41, 5.74) is 1.25. The number of rotatable bonds is 2. The van der Waals surface area contributed by atoms with E-state index in [4.69, 9.17) is 4.74 Å². The highest BCUT2D eigenvalue weighted by molar-refractivity contribution is 8.01. The Hall–Kier alpha value is -2.27. The van der Waals surface area contributed by atoms with Gasteiger partial charge in [-0.3, -0.25) is 4.79 Å². The van der Waals surface area contributed by atoms with Gasteiger partial charge >= 0.3 is 5.97 Å². The first kappa shape index (κ1) is 13.7. The lowest BCUT2D eigenvalue weighted by Gasteiger charge is -2.35. The Morgan fingerprint density at radius 2 is 1.76 bits per heavy atom. The van der Waals surface area contributed by atoms with E-state index in [0.717, 1.165) is 4.90 Å². The summed E-state index contributed by atoms with van der Waals surface area (Å²) < 4.78 is 4.94. The third kappa shape index (κ3) is 2.19. The molecule has 1 aliphatic rings. The molecule has 0 aromatic heterocycles. The predicted octanol–water partition coefficient (Wildman–Crippen LogP) is 2.55. The molecule has 1 unspecified atom stereocenters. The van der Waals surface area contributed by atoms with Crippen LogP contribution in [-0.4, -0.2) is 19.0 Å². The van der Waals surface area contributed by atoms with Gasteiger partial charge < -0.3 is 10.1 Å². The summed E-state index contributed by atoms with van der Waals surface area (Å²) in [6.07, 6.45) is 0. The molecule has 4 nitrogen and oxygen atoms in total. The number of benzene rings is 2. The maximum Gasteiger partial charge on any atom is 0.347 e. The van der Waals surface area contributed by atoms with Gasteiger partial charge in [-0.05, 0) is 17.7 Å². The normalized spacial score (nSPS) is 20.3. The van der Waals surface area contributed by atoms with E-state index in [0.29, 0.717) is 11.1 Å². The number of hydrogen-bond donors (Lipinski definition) is 1. The zero-order chi connectivity index (χ0) is 14.9. The lowest BCUT2D eigenvalue weighted by atomic mass is 10.0. The van der Waals surface area contributed by atoms with Crippen LogP contribution >= 0.6 is 11.8 Å². The second-order valence-electron chi connectivity index (χ2n) is 4.59. The van der Waals surface area contributed by atoms with Gasteiger partial charge in [0.15, 0.2) is 0 Å². The Labute approximate surface area is 126 Å². The van der Waals surface area contributed by atoms with Gasteiger partial charge in [0, 0.05) is 4.90 Å². The van der Waals surface area contributed by atoms with Crippen molar-refractivity contribution in [2.24, 2.45) is 0 Å². The van der Waals surface area contributed by atoms with Gasteiger partial charge in [-0.15, -0.1) is 0 Å². The molecule has 3 rings (SSSR count). The number of carbonyl (C=O) groups excluding carboxylic acids is 2. The van der Waals surface area contributed by atoms with Crippen LogP contribution in [0.15, 0.2) is 59.5 Å². The molecule has 21 heavy (non-hydrogen) atoms. The number of hydrogen-bond acceptors (Lipinski definition) is 4. The summed E-state index contributed by atoms with van der Waals surface area (Å²) in [7, 11) is 1.32. The summed E-state index contributed by atoms with van der Waals surface area (Å²) >= 11 is 1.29. The van der Waals surface area contributed by atoms with E-state index in [1.807, 2.05) is 30.3 Å². The first-order valence-electron chi connectivity index (χ1n) is 6.42. The molecule has 0 fully saturated rings. The first-order chi connectivity index (χ1) is 10.2. The summed E-state index contributed by atoms with van der Waals surface area (Å²) in [6, 6.07) is 16.3. The molecule has 1 atom stereocenters. The molecule has 1 N–H and O–H groups in total. The fraction of sp³-hybridized carbons (Fsp3) is 0.125. The van der Waals surface area contributed by atoms with E-state index in [1.54, 1.807) is 24.3 Å². The Morgan fingerprint density at radius 1 is 1.10 bits per heavy atom. The van der Waals surface area contributed by atoms with Crippen molar-refractivity contribution in [3.8, 4) is 0 Å². The predicted molar refractivity (Wildman–Crippen MR) is 79.9 cm³/mol. The molecule has 1 aliphatic heterocycles. The van der Waals surface area contributed by atoms with Crippen LogP contribution in [0.1, 0.15) is 15.9 Å². The first-order valence-corrected chi connectivity index (χ1v) is 7.23. The number of ether oxygens (including phenoxy) is 1. The maximum absolute atomic E-state index is 12.4. The molecule has 1 amide bonds. The van der Waals surface area contributed by atoms with Gasteiger partial charge in [0.1, 0.15) is 0 Å². The maximum atomic E-state index is 12.4. The molecule has 0 saturated carbocycles. The van der Waals surface area contributed by atoms with Crippen molar-refractivity contribution in [2.45, 2.75) is 9.77 Å². The molecule has 5 heteroatoms. The molecule has 1 heterocycles. The standard InChI is InChI=1S/C16H13NO3S/c1-20-15(19)16(11-7-3-2-4-8-11)17-14(18)12-9-5-6-10-13(12)21-16/h2-10H,1H3,(H,17,18). The second kappa shape index (κ2) is 5.26. The molecule has 2 aromatic rings. The van der Waals surface area contributed by atoms with Crippen molar-refractivity contribution in [1.82, 2.24) is 5.32 Å². The third-order valence-electron chi connectivity index (χ3n) is 3.34. The van der Waals surface area contributed by atoms with Crippen LogP contribution in [0.3, 0.4) is 0 Å². The SMILES string of the molecule is COC(=O)C1(c2ccccc2)NC(=O)c2ccccc2S1. The Kier molecular flexibility index (Phi) is 3.43. The minimum Gasteiger partial charge on any atom is -0.466 e. The molecule has 0 radical (unpaired) electrons. The zero-order valence-electron chi connectivity index (χ0n) is 11.3. The van der Waals surface area contributed by atoms with Crippen LogP contribution in [0.5, 0.6) is 0 Å². The van der Waals surface area contributed by atoms with Gasteiger partial charge in [-0.2, -0.15) is 0 Å². The van der Waals surface area contributed by atoms with Gasteiger partial charge in [0.2, 0.25) is 4.87 Å². The lowest BCUT2D eigenvalue weighted by Crippen LogP contribution is -2.52. The molecule has 0 bridgehead atoms. The van der Waals surface area contributed by atoms with Crippen LogP contribution in [-0.2, 0) is 14.4 Å². The number of esters is 1. The summed E-state index contributed by atoms with van der Waals surface area (Å²) in [5.74, 6) is -0.778. The molecule has 0 saturated heterocycles. The van der Waals surface area contributed by atoms with Crippen LogP contribution < -0.4 is 5.32 Å². The summed E-state index contributed by atoms with van der Waals surface area (Å²) in [6.45, 7) is 0. The minimum absolute atomic E-state index is 0.279. The molecule has 2 aromatic carbocycles. The van der Waals surface area contributed by atoms with Crippen molar-refractivity contribution in [2.75, 3.05) is 7.11 Å². The highest BCUT2D eigenvalue weighted by atomic mass is 32.2. The molecular weight excluding hydrogens is 286 g/mol. The second-order valence-corrected chi connectivity index (χ2v) is 5.85. The zero-order valence-corrected chi connectivity index (χ0v) is 12.1. The summed E-state index contributed by atoms with van der Waals surface area (Å²) in [4.78, 5) is 24.3. The van der Waals surface area contributed by atoms with Crippen molar-refractivity contribution in [1.29, 1.82) is 0 Å². The number of methoxy groups -OCH3 is 1. The summed E-state index contributed by atoms with van der Waals surface area (Å²) in [5, 5.41) is 2.80. The van der Waals surface area contributed by atoms with Gasteiger partial charge in [0.25, 0.3) is 5.91 Å². The Morgan fingerprint density at radius 3 is 2.48 bits per heavy atom. The van der Waals surface area contributed by atoms with Crippen LogP contribution in [0.4, 0.5) is 0 Å².